The minimum Gasteiger partial charge on any atom is -0.370 e. The summed E-state index contributed by atoms with van der Waals surface area (Å²) in [7, 11) is 0. The number of amides is 1. The van der Waals surface area contributed by atoms with Gasteiger partial charge < -0.3 is 10.2 Å². The number of hydrogen-bond acceptors (Lipinski definition) is 3. The van der Waals surface area contributed by atoms with E-state index in [4.69, 9.17) is 0 Å². The van der Waals surface area contributed by atoms with E-state index in [2.05, 4.69) is 17.2 Å². The quantitative estimate of drug-likeness (QED) is 0.889. The number of pyridine rings is 1. The molecule has 1 aliphatic rings. The Morgan fingerprint density at radius 3 is 3.11 bits per heavy atom. The Morgan fingerprint density at radius 1 is 1.56 bits per heavy atom. The van der Waals surface area contributed by atoms with Gasteiger partial charge in [-0.1, -0.05) is 6.92 Å². The Kier molecular flexibility index (Phi) is 4.18. The fraction of sp³-hybridized carbons (Fsp3) is 0.571. The number of nitrogens with one attached hydrogen (secondary N) is 1. The molecule has 0 aliphatic carbocycles. The Labute approximate surface area is 108 Å². The Morgan fingerprint density at radius 2 is 2.39 bits per heavy atom. The van der Waals surface area contributed by atoms with Crippen molar-refractivity contribution in [2.75, 3.05) is 18.4 Å². The molecule has 1 aromatic rings. The number of anilines is 1. The lowest BCUT2D eigenvalue weighted by Crippen LogP contribution is -2.35. The maximum absolute atomic E-state index is 12.6. The van der Waals surface area contributed by atoms with E-state index < -0.39 is 0 Å². The van der Waals surface area contributed by atoms with Gasteiger partial charge in [-0.2, -0.15) is 0 Å². The molecular formula is C14H21N3O. The van der Waals surface area contributed by atoms with Crippen molar-refractivity contribution in [2.24, 2.45) is 0 Å². The average molecular weight is 247 g/mol. The van der Waals surface area contributed by atoms with Gasteiger partial charge >= 0.3 is 0 Å². The first-order valence-electron chi connectivity index (χ1n) is 6.77. The number of likely N-dealkylation sites (tertiary alicyclic amines) is 1. The second-order valence-corrected chi connectivity index (χ2v) is 4.63. The van der Waals surface area contributed by atoms with E-state index in [9.17, 15) is 4.79 Å². The second-order valence-electron chi connectivity index (χ2n) is 4.63. The summed E-state index contributed by atoms with van der Waals surface area (Å²) in [6.45, 7) is 5.80. The molecule has 98 valence electrons. The molecule has 2 heterocycles. The zero-order chi connectivity index (χ0) is 13.0. The zero-order valence-electron chi connectivity index (χ0n) is 11.1. The SMILES string of the molecule is CCNc1ncccc1C(=O)N1CCCC1CC. The van der Waals surface area contributed by atoms with E-state index in [1.807, 2.05) is 24.0 Å². The molecule has 1 atom stereocenters. The van der Waals surface area contributed by atoms with Crippen LogP contribution in [0.1, 0.15) is 43.5 Å². The van der Waals surface area contributed by atoms with Crippen LogP contribution in [-0.2, 0) is 0 Å². The normalized spacial score (nSPS) is 19.0. The molecular weight excluding hydrogens is 226 g/mol. The largest absolute Gasteiger partial charge is 0.370 e. The third kappa shape index (κ3) is 2.47. The lowest BCUT2D eigenvalue weighted by Gasteiger charge is -2.24. The predicted molar refractivity (Wildman–Crippen MR) is 72.8 cm³/mol. The van der Waals surface area contributed by atoms with E-state index in [1.54, 1.807) is 6.20 Å². The highest BCUT2D eigenvalue weighted by Crippen LogP contribution is 2.24. The van der Waals surface area contributed by atoms with Crippen molar-refractivity contribution in [1.29, 1.82) is 0 Å². The highest BCUT2D eigenvalue weighted by Gasteiger charge is 2.29. The lowest BCUT2D eigenvalue weighted by molar-refractivity contribution is 0.0734. The van der Waals surface area contributed by atoms with E-state index in [0.717, 1.165) is 32.4 Å². The van der Waals surface area contributed by atoms with E-state index >= 15 is 0 Å². The summed E-state index contributed by atoms with van der Waals surface area (Å²) >= 11 is 0. The molecule has 4 nitrogen and oxygen atoms in total. The first kappa shape index (κ1) is 12.9. The van der Waals surface area contributed by atoms with Crippen molar-refractivity contribution in [3.8, 4) is 0 Å². The van der Waals surface area contributed by atoms with Gasteiger partial charge in [0.2, 0.25) is 0 Å². The molecule has 1 unspecified atom stereocenters. The van der Waals surface area contributed by atoms with Crippen LogP contribution in [-0.4, -0.2) is 34.9 Å². The van der Waals surface area contributed by atoms with Crippen LogP contribution >= 0.6 is 0 Å². The fourth-order valence-corrected chi connectivity index (χ4v) is 2.57. The van der Waals surface area contributed by atoms with Crippen LogP contribution in [0.5, 0.6) is 0 Å². The van der Waals surface area contributed by atoms with Crippen LogP contribution in [0.25, 0.3) is 0 Å². The summed E-state index contributed by atoms with van der Waals surface area (Å²) in [5.74, 6) is 0.815. The van der Waals surface area contributed by atoms with Gasteiger partial charge in [0.25, 0.3) is 5.91 Å². The number of nitrogens with zero attached hydrogens (tertiary/aromatic N) is 2. The van der Waals surface area contributed by atoms with Gasteiger partial charge in [0.05, 0.1) is 5.56 Å². The van der Waals surface area contributed by atoms with Crippen molar-refractivity contribution in [3.05, 3.63) is 23.9 Å². The maximum Gasteiger partial charge on any atom is 0.257 e. The summed E-state index contributed by atoms with van der Waals surface area (Å²) < 4.78 is 0. The summed E-state index contributed by atoms with van der Waals surface area (Å²) in [5, 5.41) is 3.15. The summed E-state index contributed by atoms with van der Waals surface area (Å²) in [4.78, 5) is 18.8. The minimum atomic E-state index is 0.114. The maximum atomic E-state index is 12.6. The number of aromatic nitrogens is 1. The predicted octanol–water partition coefficient (Wildman–Crippen LogP) is 2.53. The molecule has 1 amide bonds. The first-order valence-corrected chi connectivity index (χ1v) is 6.77. The van der Waals surface area contributed by atoms with Crippen molar-refractivity contribution < 1.29 is 4.79 Å². The van der Waals surface area contributed by atoms with Gasteiger partial charge in [0, 0.05) is 25.3 Å². The van der Waals surface area contributed by atoms with Gasteiger partial charge in [-0.05, 0) is 38.3 Å². The highest BCUT2D eigenvalue weighted by molar-refractivity contribution is 5.99. The van der Waals surface area contributed by atoms with Crippen LogP contribution < -0.4 is 5.32 Å². The third-order valence-electron chi connectivity index (χ3n) is 3.49. The van der Waals surface area contributed by atoms with Gasteiger partial charge in [-0.25, -0.2) is 4.98 Å². The second kappa shape index (κ2) is 5.85. The van der Waals surface area contributed by atoms with E-state index in [-0.39, 0.29) is 5.91 Å². The highest BCUT2D eigenvalue weighted by atomic mass is 16.2. The molecule has 0 bridgehead atoms. The standard InChI is InChI=1S/C14H21N3O/c1-3-11-7-6-10-17(11)14(18)12-8-5-9-16-13(12)15-4-2/h5,8-9,11H,3-4,6-7,10H2,1-2H3,(H,15,16). The molecule has 0 radical (unpaired) electrons. The zero-order valence-corrected chi connectivity index (χ0v) is 11.1. The number of hydrogen-bond donors (Lipinski definition) is 1. The molecule has 0 spiro atoms. The van der Waals surface area contributed by atoms with Crippen LogP contribution in [0.15, 0.2) is 18.3 Å². The van der Waals surface area contributed by atoms with Crippen molar-refractivity contribution in [3.63, 3.8) is 0 Å². The molecule has 0 saturated carbocycles. The van der Waals surface area contributed by atoms with Crippen molar-refractivity contribution in [2.45, 2.75) is 39.2 Å². The Bertz CT molecular complexity index is 419. The molecule has 4 heteroatoms. The molecule has 0 aromatic carbocycles. The van der Waals surface area contributed by atoms with Gasteiger partial charge in [0.1, 0.15) is 5.82 Å². The Hall–Kier alpha value is -1.58. The number of rotatable bonds is 4. The van der Waals surface area contributed by atoms with Crippen LogP contribution in [0.2, 0.25) is 0 Å². The molecule has 2 rings (SSSR count). The topological polar surface area (TPSA) is 45.2 Å². The minimum absolute atomic E-state index is 0.114. The van der Waals surface area contributed by atoms with Crippen LogP contribution in [0.4, 0.5) is 5.82 Å². The molecule has 1 fully saturated rings. The average Bonchev–Trinajstić information content (AvgIpc) is 2.87. The van der Waals surface area contributed by atoms with Crippen LogP contribution in [0, 0.1) is 0 Å². The molecule has 1 saturated heterocycles. The van der Waals surface area contributed by atoms with E-state index in [0.29, 0.717) is 17.4 Å². The monoisotopic (exact) mass is 247 g/mol. The Balaban J connectivity index is 2.22. The summed E-state index contributed by atoms with van der Waals surface area (Å²) in [6.07, 6.45) is 4.98. The fourth-order valence-electron chi connectivity index (χ4n) is 2.57. The smallest absolute Gasteiger partial charge is 0.257 e. The van der Waals surface area contributed by atoms with Crippen LogP contribution in [0.3, 0.4) is 0 Å². The molecule has 1 N–H and O–H groups in total. The number of carbonyl (C=O) groups is 1. The van der Waals surface area contributed by atoms with Gasteiger partial charge in [-0.3, -0.25) is 4.79 Å². The van der Waals surface area contributed by atoms with Crippen molar-refractivity contribution in [1.82, 2.24) is 9.88 Å². The lowest BCUT2D eigenvalue weighted by atomic mass is 10.1. The van der Waals surface area contributed by atoms with Gasteiger partial charge in [0.15, 0.2) is 0 Å². The molecule has 18 heavy (non-hydrogen) atoms. The van der Waals surface area contributed by atoms with Gasteiger partial charge in [-0.15, -0.1) is 0 Å². The molecule has 1 aromatic heterocycles. The third-order valence-corrected chi connectivity index (χ3v) is 3.49. The van der Waals surface area contributed by atoms with E-state index in [1.165, 1.54) is 0 Å². The number of carbonyl (C=O) groups excluding carboxylic acids is 1. The first-order chi connectivity index (χ1) is 8.77. The van der Waals surface area contributed by atoms with Crippen molar-refractivity contribution >= 4 is 11.7 Å². The summed E-state index contributed by atoms with van der Waals surface area (Å²) in [5.41, 5.74) is 0.694. The molecule has 1 aliphatic heterocycles. The summed E-state index contributed by atoms with van der Waals surface area (Å²) in [6, 6.07) is 4.08.